The molecule has 4 nitrogen and oxygen atoms in total. The molecule has 1 heterocycles. The summed E-state index contributed by atoms with van der Waals surface area (Å²) in [5, 5.41) is 2.94. The third-order valence-corrected chi connectivity index (χ3v) is 2.38. The highest BCUT2D eigenvalue weighted by atomic mass is 35.5. The lowest BCUT2D eigenvalue weighted by Gasteiger charge is -2.21. The maximum Gasteiger partial charge on any atom is 0.224 e. The molecule has 0 atom stereocenters. The van der Waals surface area contributed by atoms with Crippen molar-refractivity contribution in [2.75, 3.05) is 11.9 Å². The predicted molar refractivity (Wildman–Crippen MR) is 60.7 cm³/mol. The minimum absolute atomic E-state index is 0.0544. The third kappa shape index (κ3) is 3.06. The van der Waals surface area contributed by atoms with Crippen molar-refractivity contribution in [3.63, 3.8) is 0 Å². The van der Waals surface area contributed by atoms with Crippen molar-refractivity contribution in [1.82, 2.24) is 4.98 Å². The molecule has 0 unspecified atom stereocenters. The van der Waals surface area contributed by atoms with Crippen LogP contribution >= 0.6 is 11.6 Å². The van der Waals surface area contributed by atoms with Crippen LogP contribution in [0.5, 0.6) is 0 Å². The van der Waals surface area contributed by atoms with Gasteiger partial charge in [0.2, 0.25) is 5.91 Å². The molecule has 3 N–H and O–H groups in total. The largest absolute Gasteiger partial charge is 0.369 e. The van der Waals surface area contributed by atoms with E-state index in [-0.39, 0.29) is 17.4 Å². The zero-order valence-electron chi connectivity index (χ0n) is 9.05. The fourth-order valence-electron chi connectivity index (χ4n) is 0.936. The number of hydrogen-bond donors (Lipinski definition) is 2. The van der Waals surface area contributed by atoms with E-state index >= 15 is 0 Å². The van der Waals surface area contributed by atoms with Crippen molar-refractivity contribution < 1.29 is 9.18 Å². The molecule has 0 aliphatic carbocycles. The van der Waals surface area contributed by atoms with Crippen LogP contribution in [-0.2, 0) is 4.79 Å². The molecule has 1 amide bonds. The molecule has 0 saturated heterocycles. The topological polar surface area (TPSA) is 68.0 Å². The summed E-state index contributed by atoms with van der Waals surface area (Å²) in [5.41, 5.74) is 4.41. The monoisotopic (exact) mass is 245 g/mol. The summed E-state index contributed by atoms with van der Waals surface area (Å²) >= 11 is 5.55. The Labute approximate surface area is 98.0 Å². The number of anilines is 1. The molecule has 0 aromatic carbocycles. The van der Waals surface area contributed by atoms with Crippen LogP contribution in [0.2, 0.25) is 5.02 Å². The summed E-state index contributed by atoms with van der Waals surface area (Å²) in [7, 11) is 0. The number of aromatic nitrogens is 1. The van der Waals surface area contributed by atoms with Crippen molar-refractivity contribution >= 4 is 23.3 Å². The van der Waals surface area contributed by atoms with E-state index in [1.54, 1.807) is 13.8 Å². The van der Waals surface area contributed by atoms with Crippen molar-refractivity contribution in [3.8, 4) is 0 Å². The number of halogens is 2. The molecular formula is C10H13ClFN3O. The van der Waals surface area contributed by atoms with Gasteiger partial charge in [0.25, 0.3) is 0 Å². The first-order valence-corrected chi connectivity index (χ1v) is 5.05. The summed E-state index contributed by atoms with van der Waals surface area (Å²) in [6.45, 7) is 3.53. The Morgan fingerprint density at radius 3 is 2.81 bits per heavy atom. The summed E-state index contributed by atoms with van der Waals surface area (Å²) in [4.78, 5) is 14.8. The van der Waals surface area contributed by atoms with E-state index in [1.165, 1.54) is 6.20 Å². The maximum atomic E-state index is 13.3. The SMILES string of the molecule is CC(C)(CNc1ncc(Cl)cc1F)C(N)=O. The van der Waals surface area contributed by atoms with Gasteiger partial charge in [-0.2, -0.15) is 0 Å². The number of nitrogens with zero attached hydrogens (tertiary/aromatic N) is 1. The maximum absolute atomic E-state index is 13.3. The highest BCUT2D eigenvalue weighted by molar-refractivity contribution is 6.30. The van der Waals surface area contributed by atoms with E-state index in [4.69, 9.17) is 17.3 Å². The fourth-order valence-corrected chi connectivity index (χ4v) is 1.08. The van der Waals surface area contributed by atoms with E-state index in [1.807, 2.05) is 0 Å². The predicted octanol–water partition coefficient (Wildman–Crippen LogP) is 1.80. The third-order valence-electron chi connectivity index (χ3n) is 2.17. The Bertz CT molecular complexity index is 409. The van der Waals surface area contributed by atoms with Crippen LogP contribution < -0.4 is 11.1 Å². The first kappa shape index (κ1) is 12.7. The van der Waals surface area contributed by atoms with Gasteiger partial charge in [-0.05, 0) is 19.9 Å². The number of pyridine rings is 1. The van der Waals surface area contributed by atoms with Crippen LogP contribution in [0.4, 0.5) is 10.2 Å². The van der Waals surface area contributed by atoms with Crippen LogP contribution in [-0.4, -0.2) is 17.4 Å². The number of carbonyl (C=O) groups is 1. The van der Waals surface area contributed by atoms with Crippen molar-refractivity contribution in [2.45, 2.75) is 13.8 Å². The molecule has 0 radical (unpaired) electrons. The Hall–Kier alpha value is -1.36. The van der Waals surface area contributed by atoms with Crippen LogP contribution in [0, 0.1) is 11.2 Å². The summed E-state index contributed by atoms with van der Waals surface area (Å²) in [6.07, 6.45) is 1.32. The summed E-state index contributed by atoms with van der Waals surface area (Å²) < 4.78 is 13.3. The lowest BCUT2D eigenvalue weighted by atomic mass is 9.93. The lowest BCUT2D eigenvalue weighted by Crippen LogP contribution is -2.37. The molecule has 0 aliphatic heterocycles. The van der Waals surface area contributed by atoms with E-state index < -0.39 is 17.1 Å². The normalized spacial score (nSPS) is 11.2. The van der Waals surface area contributed by atoms with E-state index in [0.717, 1.165) is 6.07 Å². The molecule has 0 spiro atoms. The number of primary amides is 1. The highest BCUT2D eigenvalue weighted by Crippen LogP contribution is 2.19. The molecule has 1 rings (SSSR count). The molecule has 1 aromatic heterocycles. The smallest absolute Gasteiger partial charge is 0.224 e. The Kier molecular flexibility index (Phi) is 3.70. The standard InChI is InChI=1S/C10H13ClFN3O/c1-10(2,9(13)16)5-15-8-7(12)3-6(11)4-14-8/h3-4H,5H2,1-2H3,(H2,13,16)(H,14,15). The first-order valence-electron chi connectivity index (χ1n) is 4.68. The number of hydrogen-bond acceptors (Lipinski definition) is 3. The number of amides is 1. The second-order valence-corrected chi connectivity index (χ2v) is 4.52. The van der Waals surface area contributed by atoms with Gasteiger partial charge in [-0.25, -0.2) is 9.37 Å². The van der Waals surface area contributed by atoms with Crippen molar-refractivity contribution in [1.29, 1.82) is 0 Å². The number of carbonyl (C=O) groups excluding carboxylic acids is 1. The Morgan fingerprint density at radius 2 is 2.31 bits per heavy atom. The van der Waals surface area contributed by atoms with E-state index in [9.17, 15) is 9.18 Å². The Balaban J connectivity index is 2.72. The molecule has 0 aliphatic rings. The second kappa shape index (κ2) is 4.65. The first-order chi connectivity index (χ1) is 7.33. The Morgan fingerprint density at radius 1 is 1.69 bits per heavy atom. The van der Waals surface area contributed by atoms with Crippen LogP contribution in [0.15, 0.2) is 12.3 Å². The van der Waals surface area contributed by atoms with Gasteiger partial charge >= 0.3 is 0 Å². The molecule has 88 valence electrons. The van der Waals surface area contributed by atoms with Gasteiger partial charge in [0, 0.05) is 12.7 Å². The second-order valence-electron chi connectivity index (χ2n) is 4.09. The zero-order valence-corrected chi connectivity index (χ0v) is 9.81. The van der Waals surface area contributed by atoms with Crippen LogP contribution in [0.1, 0.15) is 13.8 Å². The summed E-state index contributed by atoms with van der Waals surface area (Å²) in [6, 6.07) is 1.15. The average Bonchev–Trinajstić information content (AvgIpc) is 2.16. The highest BCUT2D eigenvalue weighted by Gasteiger charge is 2.25. The van der Waals surface area contributed by atoms with Gasteiger partial charge in [-0.3, -0.25) is 4.79 Å². The molecule has 6 heteroatoms. The molecule has 0 bridgehead atoms. The fraction of sp³-hybridized carbons (Fsp3) is 0.400. The van der Waals surface area contributed by atoms with Crippen LogP contribution in [0.25, 0.3) is 0 Å². The number of rotatable bonds is 4. The van der Waals surface area contributed by atoms with E-state index in [0.29, 0.717) is 0 Å². The lowest BCUT2D eigenvalue weighted by molar-refractivity contribution is -0.125. The molecule has 0 fully saturated rings. The van der Waals surface area contributed by atoms with Gasteiger partial charge in [-0.1, -0.05) is 11.6 Å². The average molecular weight is 246 g/mol. The van der Waals surface area contributed by atoms with Crippen LogP contribution in [0.3, 0.4) is 0 Å². The minimum atomic E-state index is -0.770. The van der Waals surface area contributed by atoms with Crippen molar-refractivity contribution in [3.05, 3.63) is 23.1 Å². The van der Waals surface area contributed by atoms with Gasteiger partial charge in [-0.15, -0.1) is 0 Å². The number of nitrogens with two attached hydrogens (primary N) is 1. The quantitative estimate of drug-likeness (QED) is 0.850. The van der Waals surface area contributed by atoms with Gasteiger partial charge < -0.3 is 11.1 Å². The summed E-state index contributed by atoms with van der Waals surface area (Å²) in [5.74, 6) is -0.971. The molecule has 0 saturated carbocycles. The molecule has 16 heavy (non-hydrogen) atoms. The zero-order chi connectivity index (χ0) is 12.3. The van der Waals surface area contributed by atoms with Gasteiger partial charge in [0.15, 0.2) is 11.6 Å². The minimum Gasteiger partial charge on any atom is -0.369 e. The molecule has 1 aromatic rings. The van der Waals surface area contributed by atoms with Gasteiger partial charge in [0.1, 0.15) is 0 Å². The van der Waals surface area contributed by atoms with Crippen molar-refractivity contribution in [2.24, 2.45) is 11.1 Å². The van der Waals surface area contributed by atoms with Gasteiger partial charge in [0.05, 0.1) is 10.4 Å². The molecular weight excluding hydrogens is 233 g/mol. The van der Waals surface area contributed by atoms with E-state index in [2.05, 4.69) is 10.3 Å². The number of nitrogens with one attached hydrogen (secondary N) is 1.